The summed E-state index contributed by atoms with van der Waals surface area (Å²) in [6, 6.07) is 5.18. The van der Waals surface area contributed by atoms with E-state index in [0.717, 1.165) is 10.9 Å². The minimum absolute atomic E-state index is 0.321. The van der Waals surface area contributed by atoms with Crippen LogP contribution in [0.15, 0.2) is 24.4 Å². The molecule has 0 aliphatic heterocycles. The maximum Gasteiger partial charge on any atom is 0.338 e. The summed E-state index contributed by atoms with van der Waals surface area (Å²) in [5, 5.41) is 1.39. The number of hydrogen-bond donors (Lipinski definition) is 1. The molecule has 1 N–H and O–H groups in total. The Kier molecular flexibility index (Phi) is 2.64. The van der Waals surface area contributed by atoms with E-state index in [2.05, 4.69) is 4.98 Å². The molecule has 0 unspecified atom stereocenters. The van der Waals surface area contributed by atoms with Crippen LogP contribution in [0.5, 0.6) is 0 Å². The lowest BCUT2D eigenvalue weighted by Gasteiger charge is -2.03. The Hall–Kier alpha value is -1.48. The molecule has 4 heteroatoms. The van der Waals surface area contributed by atoms with Crippen LogP contribution in [0.1, 0.15) is 17.3 Å². The standard InChI is InChI=1S/C11H10ClNO2/c1-2-15-11(14)8-3-4-9(12)10-7(8)5-6-13-10/h3-6,13H,2H2,1H3. The molecule has 78 valence electrons. The molecule has 3 nitrogen and oxygen atoms in total. The number of fused-ring (bicyclic) bond motifs is 1. The smallest absolute Gasteiger partial charge is 0.338 e. The van der Waals surface area contributed by atoms with Gasteiger partial charge in [0, 0.05) is 11.6 Å². The molecule has 0 atom stereocenters. The van der Waals surface area contributed by atoms with Crippen molar-refractivity contribution in [2.24, 2.45) is 0 Å². The van der Waals surface area contributed by atoms with Gasteiger partial charge in [-0.15, -0.1) is 0 Å². The number of esters is 1. The van der Waals surface area contributed by atoms with Crippen LogP contribution in [0.25, 0.3) is 10.9 Å². The van der Waals surface area contributed by atoms with Gasteiger partial charge in [-0.1, -0.05) is 11.6 Å². The molecule has 0 amide bonds. The van der Waals surface area contributed by atoms with Crippen molar-refractivity contribution in [1.82, 2.24) is 4.98 Å². The van der Waals surface area contributed by atoms with Gasteiger partial charge >= 0.3 is 5.97 Å². The number of hydrogen-bond acceptors (Lipinski definition) is 2. The van der Waals surface area contributed by atoms with Crippen molar-refractivity contribution >= 4 is 28.5 Å². The maximum absolute atomic E-state index is 11.6. The van der Waals surface area contributed by atoms with Gasteiger partial charge in [0.15, 0.2) is 0 Å². The van der Waals surface area contributed by atoms with Crippen LogP contribution in [-0.2, 0) is 4.74 Å². The summed E-state index contributed by atoms with van der Waals surface area (Å²) in [7, 11) is 0. The highest BCUT2D eigenvalue weighted by Gasteiger charge is 2.12. The summed E-state index contributed by atoms with van der Waals surface area (Å²) in [6.45, 7) is 2.15. The number of carbonyl (C=O) groups is 1. The number of ether oxygens (including phenoxy) is 1. The summed E-state index contributed by atoms with van der Waals surface area (Å²) >= 11 is 5.97. The first kappa shape index (κ1) is 10.1. The van der Waals surface area contributed by atoms with Gasteiger partial charge < -0.3 is 9.72 Å². The van der Waals surface area contributed by atoms with Crippen molar-refractivity contribution < 1.29 is 9.53 Å². The predicted octanol–water partition coefficient (Wildman–Crippen LogP) is 3.00. The number of nitrogens with one attached hydrogen (secondary N) is 1. The summed E-state index contributed by atoms with van der Waals surface area (Å²) in [4.78, 5) is 14.6. The van der Waals surface area contributed by atoms with Gasteiger partial charge in [0.1, 0.15) is 0 Å². The first-order chi connectivity index (χ1) is 7.24. The number of H-pyrrole nitrogens is 1. The zero-order valence-corrected chi connectivity index (χ0v) is 8.97. The Labute approximate surface area is 92.0 Å². The first-order valence-corrected chi connectivity index (χ1v) is 5.04. The second-order valence-electron chi connectivity index (χ2n) is 3.08. The summed E-state index contributed by atoms with van der Waals surface area (Å²) in [5.74, 6) is -0.321. The molecular formula is C11H10ClNO2. The zero-order valence-electron chi connectivity index (χ0n) is 8.21. The first-order valence-electron chi connectivity index (χ1n) is 4.66. The van der Waals surface area contributed by atoms with E-state index in [1.54, 1.807) is 25.3 Å². The number of benzene rings is 1. The highest BCUT2D eigenvalue weighted by atomic mass is 35.5. The van der Waals surface area contributed by atoms with Crippen LogP contribution in [0.3, 0.4) is 0 Å². The molecule has 0 spiro atoms. The lowest BCUT2D eigenvalue weighted by Crippen LogP contribution is -2.04. The van der Waals surface area contributed by atoms with Gasteiger partial charge in [-0.3, -0.25) is 0 Å². The Bertz CT molecular complexity index is 504. The molecule has 1 aromatic carbocycles. The fourth-order valence-electron chi connectivity index (χ4n) is 1.51. The number of aromatic nitrogens is 1. The van der Waals surface area contributed by atoms with Gasteiger partial charge in [0.05, 0.1) is 22.7 Å². The van der Waals surface area contributed by atoms with Crippen molar-refractivity contribution in [3.8, 4) is 0 Å². The summed E-state index contributed by atoms with van der Waals surface area (Å²) in [5.41, 5.74) is 1.31. The van der Waals surface area contributed by atoms with Crippen molar-refractivity contribution in [2.45, 2.75) is 6.92 Å². The summed E-state index contributed by atoms with van der Waals surface area (Å²) < 4.78 is 4.95. The Morgan fingerprint density at radius 2 is 2.27 bits per heavy atom. The molecule has 0 bridgehead atoms. The van der Waals surface area contributed by atoms with Crippen LogP contribution < -0.4 is 0 Å². The lowest BCUT2D eigenvalue weighted by atomic mass is 10.1. The third-order valence-electron chi connectivity index (χ3n) is 2.17. The van der Waals surface area contributed by atoms with E-state index >= 15 is 0 Å². The van der Waals surface area contributed by atoms with Gasteiger partial charge in [-0.25, -0.2) is 4.79 Å². The van der Waals surface area contributed by atoms with E-state index in [1.807, 2.05) is 6.07 Å². The topological polar surface area (TPSA) is 42.1 Å². The number of aromatic amines is 1. The van der Waals surface area contributed by atoms with Crippen LogP contribution in [0.4, 0.5) is 0 Å². The minimum atomic E-state index is -0.321. The molecule has 0 saturated carbocycles. The SMILES string of the molecule is CCOC(=O)c1ccc(Cl)c2[nH]ccc12. The number of halogens is 1. The second kappa shape index (κ2) is 3.95. The van der Waals surface area contributed by atoms with Crippen LogP contribution >= 0.6 is 11.6 Å². The quantitative estimate of drug-likeness (QED) is 0.796. The lowest BCUT2D eigenvalue weighted by molar-refractivity contribution is 0.0528. The van der Waals surface area contributed by atoms with E-state index in [0.29, 0.717) is 17.2 Å². The van der Waals surface area contributed by atoms with Crippen LogP contribution in [0.2, 0.25) is 5.02 Å². The van der Waals surface area contributed by atoms with Crippen molar-refractivity contribution in [3.63, 3.8) is 0 Å². The van der Waals surface area contributed by atoms with E-state index in [9.17, 15) is 4.79 Å². The third-order valence-corrected chi connectivity index (χ3v) is 2.48. The molecule has 0 fully saturated rings. The van der Waals surface area contributed by atoms with Crippen molar-refractivity contribution in [2.75, 3.05) is 6.61 Å². The van der Waals surface area contributed by atoms with Crippen LogP contribution in [0, 0.1) is 0 Å². The van der Waals surface area contributed by atoms with E-state index in [1.165, 1.54) is 0 Å². The second-order valence-corrected chi connectivity index (χ2v) is 3.49. The Balaban J connectivity index is 2.57. The average molecular weight is 224 g/mol. The highest BCUT2D eigenvalue weighted by molar-refractivity contribution is 6.35. The van der Waals surface area contributed by atoms with Gasteiger partial charge in [0.25, 0.3) is 0 Å². The molecule has 0 aliphatic carbocycles. The average Bonchev–Trinajstić information content (AvgIpc) is 2.68. The molecule has 0 aliphatic rings. The normalized spacial score (nSPS) is 10.5. The molecule has 0 radical (unpaired) electrons. The van der Waals surface area contributed by atoms with Gasteiger partial charge in [-0.2, -0.15) is 0 Å². The predicted molar refractivity (Wildman–Crippen MR) is 59.3 cm³/mol. The Morgan fingerprint density at radius 1 is 1.47 bits per heavy atom. The minimum Gasteiger partial charge on any atom is -0.462 e. The fourth-order valence-corrected chi connectivity index (χ4v) is 1.73. The van der Waals surface area contributed by atoms with E-state index < -0.39 is 0 Å². The monoisotopic (exact) mass is 223 g/mol. The number of carbonyl (C=O) groups excluding carboxylic acids is 1. The highest BCUT2D eigenvalue weighted by Crippen LogP contribution is 2.25. The molecule has 1 heterocycles. The largest absolute Gasteiger partial charge is 0.462 e. The fraction of sp³-hybridized carbons (Fsp3) is 0.182. The summed E-state index contributed by atoms with van der Waals surface area (Å²) in [6.07, 6.45) is 1.75. The molecule has 0 saturated heterocycles. The molecule has 15 heavy (non-hydrogen) atoms. The molecule has 1 aromatic heterocycles. The van der Waals surface area contributed by atoms with E-state index in [4.69, 9.17) is 16.3 Å². The van der Waals surface area contributed by atoms with Crippen molar-refractivity contribution in [3.05, 3.63) is 35.0 Å². The zero-order chi connectivity index (χ0) is 10.8. The van der Waals surface area contributed by atoms with Gasteiger partial charge in [-0.05, 0) is 25.1 Å². The van der Waals surface area contributed by atoms with E-state index in [-0.39, 0.29) is 5.97 Å². The third kappa shape index (κ3) is 1.70. The maximum atomic E-state index is 11.6. The molecule has 2 aromatic rings. The molecular weight excluding hydrogens is 214 g/mol. The Morgan fingerprint density at radius 3 is 3.00 bits per heavy atom. The number of rotatable bonds is 2. The molecule has 2 rings (SSSR count). The van der Waals surface area contributed by atoms with Crippen LogP contribution in [-0.4, -0.2) is 17.6 Å². The van der Waals surface area contributed by atoms with Crippen molar-refractivity contribution in [1.29, 1.82) is 0 Å². The van der Waals surface area contributed by atoms with Gasteiger partial charge in [0.2, 0.25) is 0 Å².